The quantitative estimate of drug-likeness (QED) is 0.688. The van der Waals surface area contributed by atoms with Crippen LogP contribution in [0.3, 0.4) is 0 Å². The zero-order valence-corrected chi connectivity index (χ0v) is 16.5. The predicted molar refractivity (Wildman–Crippen MR) is 106 cm³/mol. The number of carbonyl (C=O) groups excluding carboxylic acids is 1. The van der Waals surface area contributed by atoms with Gasteiger partial charge in [-0.1, -0.05) is 55.8 Å². The van der Waals surface area contributed by atoms with Crippen LogP contribution < -0.4 is 0 Å². The van der Waals surface area contributed by atoms with Gasteiger partial charge in [0.05, 0.1) is 11.5 Å². The number of benzene rings is 2. The van der Waals surface area contributed by atoms with Gasteiger partial charge in [-0.2, -0.15) is 0 Å². The number of hydrogen-bond acceptors (Lipinski definition) is 5. The zero-order chi connectivity index (χ0) is 20.1. The van der Waals surface area contributed by atoms with Crippen LogP contribution in [0.1, 0.15) is 35.7 Å². The molecule has 0 amide bonds. The monoisotopic (exact) mass is 401 g/mol. The molecule has 0 spiro atoms. The van der Waals surface area contributed by atoms with Gasteiger partial charge in [-0.15, -0.1) is 0 Å². The van der Waals surface area contributed by atoms with Gasteiger partial charge in [-0.3, -0.25) is 9.10 Å². The van der Waals surface area contributed by atoms with Gasteiger partial charge in [0.1, 0.15) is 12.3 Å². The minimum Gasteiger partial charge on any atom is -0.488 e. The van der Waals surface area contributed by atoms with Crippen molar-refractivity contribution in [3.05, 3.63) is 71.4 Å². The molecule has 7 heteroatoms. The molecule has 3 rings (SSSR count). The lowest BCUT2D eigenvalue weighted by atomic mass is 10.0. The molecule has 1 N–H and O–H groups in total. The van der Waals surface area contributed by atoms with E-state index in [0.717, 1.165) is 10.7 Å². The summed E-state index contributed by atoms with van der Waals surface area (Å²) in [5, 5.41) is 9.23. The Labute approximate surface area is 165 Å². The summed E-state index contributed by atoms with van der Waals surface area (Å²) < 4.78 is 33.5. The lowest BCUT2D eigenvalue weighted by molar-refractivity contribution is 0.0999. The average molecular weight is 401 g/mol. The fourth-order valence-electron chi connectivity index (χ4n) is 3.13. The van der Waals surface area contributed by atoms with Crippen molar-refractivity contribution in [3.8, 4) is 0 Å². The number of ketones is 1. The Morgan fingerprint density at radius 2 is 1.75 bits per heavy atom. The van der Waals surface area contributed by atoms with Crippen LogP contribution in [0.15, 0.2) is 65.2 Å². The summed E-state index contributed by atoms with van der Waals surface area (Å²) in [6.45, 7) is 1.83. The molecule has 1 heterocycles. The van der Waals surface area contributed by atoms with E-state index in [2.05, 4.69) is 0 Å². The maximum Gasteiger partial charge on any atom is 0.265 e. The number of rotatable bonds is 8. The minimum atomic E-state index is -3.90. The number of Topliss-reactive ketones (excluding diaryl/α,β-unsaturated/α-hetero) is 1. The van der Waals surface area contributed by atoms with Crippen molar-refractivity contribution >= 4 is 21.6 Å². The maximum absolute atomic E-state index is 13.3. The second-order valence-electron chi connectivity index (χ2n) is 6.37. The smallest absolute Gasteiger partial charge is 0.265 e. The van der Waals surface area contributed by atoms with E-state index in [-0.39, 0.29) is 36.1 Å². The molecule has 0 saturated carbocycles. The Hall–Kier alpha value is -2.64. The van der Waals surface area contributed by atoms with E-state index in [1.165, 1.54) is 6.07 Å². The third kappa shape index (κ3) is 3.68. The Morgan fingerprint density at radius 3 is 2.43 bits per heavy atom. The third-order valence-corrected chi connectivity index (χ3v) is 6.32. The van der Waals surface area contributed by atoms with E-state index < -0.39 is 15.8 Å². The van der Waals surface area contributed by atoms with E-state index in [0.29, 0.717) is 17.5 Å². The van der Waals surface area contributed by atoms with Crippen LogP contribution in [0.5, 0.6) is 0 Å². The Bertz CT molecular complexity index is 983. The molecule has 2 aromatic carbocycles. The minimum absolute atomic E-state index is 0.00759. The highest BCUT2D eigenvalue weighted by molar-refractivity contribution is 7.89. The second-order valence-corrected chi connectivity index (χ2v) is 8.20. The van der Waals surface area contributed by atoms with Crippen molar-refractivity contribution in [2.45, 2.75) is 24.7 Å². The summed E-state index contributed by atoms with van der Waals surface area (Å²) in [6, 6.07) is 15.0. The molecule has 1 aliphatic heterocycles. The number of nitrogens with zero attached hydrogens (tertiary/aromatic N) is 1. The SMILES string of the molecule is CCCCN1C(C(=O)c2ccccc2)=C(OCCO)c2ccccc2S1(=O)=O. The summed E-state index contributed by atoms with van der Waals surface area (Å²) in [6.07, 6.45) is 1.37. The molecule has 0 aromatic heterocycles. The van der Waals surface area contributed by atoms with E-state index in [9.17, 15) is 18.3 Å². The molecule has 28 heavy (non-hydrogen) atoms. The Balaban J connectivity index is 2.27. The normalized spacial score (nSPS) is 15.3. The standard InChI is InChI=1S/C21H23NO5S/c1-2-3-13-22-19(20(24)16-9-5-4-6-10-16)21(27-15-14-23)17-11-7-8-12-18(17)28(22,25)26/h4-12,23H,2-3,13-15H2,1H3. The van der Waals surface area contributed by atoms with Crippen molar-refractivity contribution in [3.63, 3.8) is 0 Å². The number of ether oxygens (including phenoxy) is 1. The summed E-state index contributed by atoms with van der Waals surface area (Å²) in [5.41, 5.74) is 0.702. The molecule has 1 aliphatic rings. The van der Waals surface area contributed by atoms with Crippen LogP contribution in [-0.2, 0) is 14.8 Å². The van der Waals surface area contributed by atoms with Crippen LogP contribution in [0.2, 0.25) is 0 Å². The molecule has 0 aliphatic carbocycles. The van der Waals surface area contributed by atoms with Crippen LogP contribution in [0, 0.1) is 0 Å². The zero-order valence-electron chi connectivity index (χ0n) is 15.7. The molecule has 0 radical (unpaired) electrons. The summed E-state index contributed by atoms with van der Waals surface area (Å²) >= 11 is 0. The maximum atomic E-state index is 13.3. The first-order chi connectivity index (χ1) is 13.5. The fraction of sp³-hybridized carbons (Fsp3) is 0.286. The van der Waals surface area contributed by atoms with Crippen molar-refractivity contribution in [1.29, 1.82) is 0 Å². The number of allylic oxidation sites excluding steroid dienone is 1. The summed E-state index contributed by atoms with van der Waals surface area (Å²) in [5.74, 6) is -0.243. The van der Waals surface area contributed by atoms with Crippen molar-refractivity contribution in [1.82, 2.24) is 4.31 Å². The predicted octanol–water partition coefficient (Wildman–Crippen LogP) is 3.05. The highest BCUT2D eigenvalue weighted by Crippen LogP contribution is 2.38. The van der Waals surface area contributed by atoms with Gasteiger partial charge in [-0.25, -0.2) is 8.42 Å². The molecular formula is C21H23NO5S. The molecule has 0 atom stereocenters. The number of aliphatic hydroxyl groups excluding tert-OH is 1. The first-order valence-corrected chi connectivity index (χ1v) is 10.7. The summed E-state index contributed by atoms with van der Waals surface area (Å²) in [4.78, 5) is 13.4. The second kappa shape index (κ2) is 8.58. The van der Waals surface area contributed by atoms with E-state index in [4.69, 9.17) is 4.74 Å². The molecule has 0 unspecified atom stereocenters. The van der Waals surface area contributed by atoms with Crippen LogP contribution in [-0.4, -0.2) is 43.4 Å². The number of hydrogen-bond donors (Lipinski definition) is 1. The van der Waals surface area contributed by atoms with Gasteiger partial charge in [0.2, 0.25) is 5.78 Å². The lowest BCUT2D eigenvalue weighted by Crippen LogP contribution is -2.39. The largest absolute Gasteiger partial charge is 0.488 e. The highest BCUT2D eigenvalue weighted by atomic mass is 32.2. The average Bonchev–Trinajstić information content (AvgIpc) is 2.72. The number of aliphatic hydroxyl groups is 1. The molecule has 0 fully saturated rings. The molecule has 6 nitrogen and oxygen atoms in total. The molecule has 0 bridgehead atoms. The fourth-order valence-corrected chi connectivity index (χ4v) is 4.83. The first kappa shape index (κ1) is 20.1. The van der Waals surface area contributed by atoms with Gasteiger partial charge in [0, 0.05) is 17.7 Å². The van der Waals surface area contributed by atoms with E-state index in [1.54, 1.807) is 48.5 Å². The third-order valence-electron chi connectivity index (χ3n) is 4.47. The van der Waals surface area contributed by atoms with Gasteiger partial charge in [-0.05, 0) is 18.6 Å². The number of carbonyl (C=O) groups is 1. The first-order valence-electron chi connectivity index (χ1n) is 9.22. The summed E-state index contributed by atoms with van der Waals surface area (Å²) in [7, 11) is -3.90. The van der Waals surface area contributed by atoms with Crippen LogP contribution in [0.4, 0.5) is 0 Å². The van der Waals surface area contributed by atoms with Gasteiger partial charge >= 0.3 is 0 Å². The number of sulfonamides is 1. The number of fused-ring (bicyclic) bond motifs is 1. The van der Waals surface area contributed by atoms with Crippen LogP contribution in [0.25, 0.3) is 5.76 Å². The highest BCUT2D eigenvalue weighted by Gasteiger charge is 2.40. The Kier molecular flexibility index (Phi) is 6.16. The van der Waals surface area contributed by atoms with Crippen molar-refractivity contribution in [2.24, 2.45) is 0 Å². The van der Waals surface area contributed by atoms with Gasteiger partial charge < -0.3 is 9.84 Å². The molecule has 0 saturated heterocycles. The van der Waals surface area contributed by atoms with Gasteiger partial charge in [0.25, 0.3) is 10.0 Å². The van der Waals surface area contributed by atoms with Crippen molar-refractivity contribution < 1.29 is 23.1 Å². The number of unbranched alkanes of at least 4 members (excludes halogenated alkanes) is 1. The van der Waals surface area contributed by atoms with Crippen LogP contribution >= 0.6 is 0 Å². The van der Waals surface area contributed by atoms with Crippen molar-refractivity contribution in [2.75, 3.05) is 19.8 Å². The topological polar surface area (TPSA) is 83.9 Å². The molecule has 2 aromatic rings. The molecular weight excluding hydrogens is 378 g/mol. The Morgan fingerprint density at radius 1 is 1.07 bits per heavy atom. The van der Waals surface area contributed by atoms with Gasteiger partial charge in [0.15, 0.2) is 5.76 Å². The lowest BCUT2D eigenvalue weighted by Gasteiger charge is -2.33. The van der Waals surface area contributed by atoms with E-state index >= 15 is 0 Å². The molecule has 148 valence electrons. The van der Waals surface area contributed by atoms with E-state index in [1.807, 2.05) is 6.92 Å².